The van der Waals surface area contributed by atoms with Crippen LogP contribution in [-0.4, -0.2) is 23.0 Å². The van der Waals surface area contributed by atoms with E-state index in [2.05, 4.69) is 13.8 Å². The van der Waals surface area contributed by atoms with Crippen LogP contribution in [0, 0.1) is 6.92 Å². The molecule has 0 aliphatic rings. The maximum Gasteiger partial charge on any atom is 1.00 e. The molecule has 0 aliphatic heterocycles. The van der Waals surface area contributed by atoms with Gasteiger partial charge in [-0.05, 0) is 0 Å². The molecular weight excluding hydrogens is 279 g/mol. The van der Waals surface area contributed by atoms with Crippen molar-refractivity contribution >= 4 is 10.4 Å². The summed E-state index contributed by atoms with van der Waals surface area (Å²) < 4.78 is 31.6. The molecule has 0 unspecified atom stereocenters. The van der Waals surface area contributed by atoms with Gasteiger partial charge in [0.05, 0.1) is 0 Å². The third-order valence-corrected chi connectivity index (χ3v) is 2.35. The zero-order chi connectivity index (χ0) is 13.6. The standard InChI is InChI=1S/C12H25.Na.H2O4S.H2O/c1-3-5-7-9-11-12-10-8-6-4-2;;1-5(2,3)4;/h1,3-12H2,2H3;;(H2,1,2,3,4);1H2/q-1;+1;;. The number of unbranched alkanes of at least 4 members (excludes halogenated alkanes) is 9. The van der Waals surface area contributed by atoms with E-state index in [1.807, 2.05) is 0 Å². The molecule has 0 aromatic rings. The largest absolute Gasteiger partial charge is 1.00 e. The molecule has 4 N–H and O–H groups in total. The number of rotatable bonds is 9. The van der Waals surface area contributed by atoms with Gasteiger partial charge in [-0.3, -0.25) is 9.11 Å². The SMILES string of the molecule is O.O=S(=O)(O)O.[CH2-]CCCCCCCCCCC.[Na+]. The Hall–Kier alpha value is 0.830. The van der Waals surface area contributed by atoms with Crippen molar-refractivity contribution in [3.63, 3.8) is 0 Å². The fourth-order valence-corrected chi connectivity index (χ4v) is 1.49. The van der Waals surface area contributed by atoms with E-state index in [1.54, 1.807) is 0 Å². The van der Waals surface area contributed by atoms with Gasteiger partial charge in [0.2, 0.25) is 0 Å². The summed E-state index contributed by atoms with van der Waals surface area (Å²) >= 11 is 0. The van der Waals surface area contributed by atoms with Crippen molar-refractivity contribution < 1.29 is 52.6 Å². The maximum absolute atomic E-state index is 8.74. The molecule has 0 spiro atoms. The molecule has 5 nitrogen and oxygen atoms in total. The minimum absolute atomic E-state index is 0. The average Bonchev–Trinajstić information content (AvgIpc) is 2.20. The molecule has 0 bridgehead atoms. The third kappa shape index (κ3) is 55.2. The molecule has 0 aromatic heterocycles. The Morgan fingerprint density at radius 3 is 1.37 bits per heavy atom. The van der Waals surface area contributed by atoms with Gasteiger partial charge >= 0.3 is 40.0 Å². The topological polar surface area (TPSA) is 106 Å². The first-order valence-electron chi connectivity index (χ1n) is 6.41. The van der Waals surface area contributed by atoms with Crippen molar-refractivity contribution in [1.82, 2.24) is 0 Å². The van der Waals surface area contributed by atoms with Gasteiger partial charge < -0.3 is 12.4 Å². The van der Waals surface area contributed by atoms with Gasteiger partial charge in [-0.1, -0.05) is 64.7 Å². The Labute approximate surface area is 140 Å². The van der Waals surface area contributed by atoms with Gasteiger partial charge in [-0.25, -0.2) is 0 Å². The predicted octanol–water partition coefficient (Wildman–Crippen LogP) is 0.268. The van der Waals surface area contributed by atoms with Crippen LogP contribution >= 0.6 is 0 Å². The molecule has 0 aliphatic carbocycles. The van der Waals surface area contributed by atoms with Crippen LogP contribution in [0.3, 0.4) is 0 Å². The first-order chi connectivity index (χ1) is 7.91. The summed E-state index contributed by atoms with van der Waals surface area (Å²) in [5, 5.41) is 0. The van der Waals surface area contributed by atoms with Gasteiger partial charge in [-0.15, -0.1) is 0 Å². The second-order valence-electron chi connectivity index (χ2n) is 4.13. The van der Waals surface area contributed by atoms with E-state index in [1.165, 1.54) is 57.8 Å². The molecule has 19 heavy (non-hydrogen) atoms. The molecule has 0 saturated carbocycles. The third-order valence-electron chi connectivity index (χ3n) is 2.35. The molecule has 0 rings (SSSR count). The van der Waals surface area contributed by atoms with Crippen molar-refractivity contribution in [1.29, 1.82) is 0 Å². The van der Waals surface area contributed by atoms with Crippen molar-refractivity contribution in [3.05, 3.63) is 6.92 Å². The van der Waals surface area contributed by atoms with Crippen molar-refractivity contribution in [2.45, 2.75) is 71.1 Å². The predicted molar refractivity (Wildman–Crippen MR) is 75.0 cm³/mol. The van der Waals surface area contributed by atoms with Crippen LogP contribution < -0.4 is 29.6 Å². The minimum Gasteiger partial charge on any atom is -0.412 e. The Morgan fingerprint density at radius 1 is 0.842 bits per heavy atom. The zero-order valence-electron chi connectivity index (χ0n) is 12.4. The van der Waals surface area contributed by atoms with Crippen molar-refractivity contribution in [2.75, 3.05) is 0 Å². The quantitative estimate of drug-likeness (QED) is 0.276. The molecule has 0 radical (unpaired) electrons. The average molecular weight is 308 g/mol. The van der Waals surface area contributed by atoms with Gasteiger partial charge in [0.15, 0.2) is 0 Å². The fraction of sp³-hybridized carbons (Fsp3) is 0.917. The molecular formula is C12H29NaO5S. The monoisotopic (exact) mass is 308 g/mol. The molecule has 0 saturated heterocycles. The molecule has 0 atom stereocenters. The van der Waals surface area contributed by atoms with Crippen LogP contribution in [0.1, 0.15) is 71.1 Å². The second kappa shape index (κ2) is 21.1. The van der Waals surface area contributed by atoms with E-state index in [9.17, 15) is 0 Å². The summed E-state index contributed by atoms with van der Waals surface area (Å²) in [7, 11) is -4.67. The van der Waals surface area contributed by atoms with E-state index >= 15 is 0 Å². The molecule has 0 aromatic carbocycles. The molecule has 114 valence electrons. The normalized spacial score (nSPS) is 9.68. The second-order valence-corrected chi connectivity index (χ2v) is 5.03. The first kappa shape index (κ1) is 28.1. The van der Waals surface area contributed by atoms with E-state index in [4.69, 9.17) is 17.5 Å². The van der Waals surface area contributed by atoms with E-state index in [0.29, 0.717) is 0 Å². The first-order valence-corrected chi connectivity index (χ1v) is 7.80. The summed E-state index contributed by atoms with van der Waals surface area (Å²) in [5.41, 5.74) is 0. The zero-order valence-corrected chi connectivity index (χ0v) is 15.2. The van der Waals surface area contributed by atoms with Gasteiger partial charge in [0.25, 0.3) is 0 Å². The molecule has 0 heterocycles. The fourth-order valence-electron chi connectivity index (χ4n) is 1.49. The van der Waals surface area contributed by atoms with Gasteiger partial charge in [0.1, 0.15) is 0 Å². The smallest absolute Gasteiger partial charge is 0.412 e. The van der Waals surface area contributed by atoms with Gasteiger partial charge in [-0.2, -0.15) is 14.8 Å². The Balaban J connectivity index is -0.000000139. The van der Waals surface area contributed by atoms with Gasteiger partial charge in [0, 0.05) is 0 Å². The van der Waals surface area contributed by atoms with Crippen LogP contribution in [0.25, 0.3) is 0 Å². The van der Waals surface area contributed by atoms with E-state index in [-0.39, 0.29) is 35.0 Å². The molecule has 7 heteroatoms. The summed E-state index contributed by atoms with van der Waals surface area (Å²) in [6, 6.07) is 0. The van der Waals surface area contributed by atoms with Crippen LogP contribution in [-0.2, 0) is 10.4 Å². The molecule has 0 amide bonds. The van der Waals surface area contributed by atoms with Crippen molar-refractivity contribution in [3.8, 4) is 0 Å². The Kier molecular flexibility index (Phi) is 31.2. The van der Waals surface area contributed by atoms with Crippen molar-refractivity contribution in [2.24, 2.45) is 0 Å². The summed E-state index contributed by atoms with van der Waals surface area (Å²) in [6.45, 7) is 6.12. The van der Waals surface area contributed by atoms with Crippen LogP contribution in [0.4, 0.5) is 0 Å². The molecule has 0 fully saturated rings. The van der Waals surface area contributed by atoms with Crippen LogP contribution in [0.2, 0.25) is 0 Å². The Morgan fingerprint density at radius 2 is 1.11 bits per heavy atom. The summed E-state index contributed by atoms with van der Waals surface area (Å²) in [6.07, 6.45) is 13.9. The maximum atomic E-state index is 8.74. The number of hydrogen-bond donors (Lipinski definition) is 2. The van der Waals surface area contributed by atoms with E-state index < -0.39 is 10.4 Å². The van der Waals surface area contributed by atoms with E-state index in [0.717, 1.165) is 6.42 Å². The van der Waals surface area contributed by atoms with Crippen LogP contribution in [0.15, 0.2) is 0 Å². The summed E-state index contributed by atoms with van der Waals surface area (Å²) in [5.74, 6) is 0. The number of hydrogen-bond acceptors (Lipinski definition) is 2. The minimum atomic E-state index is -4.67. The van der Waals surface area contributed by atoms with Crippen LogP contribution in [0.5, 0.6) is 0 Å². The summed E-state index contributed by atoms with van der Waals surface area (Å²) in [4.78, 5) is 0. The Bertz CT molecular complexity index is 214.